The van der Waals surface area contributed by atoms with Crippen LogP contribution in [0.4, 0.5) is 0 Å². The first-order chi connectivity index (χ1) is 7.15. The summed E-state index contributed by atoms with van der Waals surface area (Å²) in [5.41, 5.74) is 0. The number of nitrogens with zero attached hydrogens (tertiary/aromatic N) is 2. The largest absolute Gasteiger partial charge is 0.395 e. The highest BCUT2D eigenvalue weighted by Gasteiger charge is 2.21. The van der Waals surface area contributed by atoms with E-state index in [0.717, 1.165) is 19.5 Å². The van der Waals surface area contributed by atoms with E-state index in [9.17, 15) is 9.90 Å². The van der Waals surface area contributed by atoms with E-state index in [4.69, 9.17) is 0 Å². The molecule has 1 saturated heterocycles. The van der Waals surface area contributed by atoms with Crippen molar-refractivity contribution >= 4 is 5.91 Å². The fourth-order valence-corrected chi connectivity index (χ4v) is 2.02. The maximum absolute atomic E-state index is 11.4. The molecule has 1 amide bonds. The van der Waals surface area contributed by atoms with Gasteiger partial charge in [0.05, 0.1) is 6.61 Å². The molecule has 1 aliphatic rings. The van der Waals surface area contributed by atoms with Crippen LogP contribution in [0, 0.1) is 0 Å². The molecule has 0 radical (unpaired) electrons. The number of carbonyl (C=O) groups is 1. The Balaban J connectivity index is 2.32. The zero-order valence-electron chi connectivity index (χ0n) is 9.78. The van der Waals surface area contributed by atoms with Gasteiger partial charge in [-0.25, -0.2) is 0 Å². The second-order valence-electron chi connectivity index (χ2n) is 4.41. The molecule has 1 fully saturated rings. The molecule has 0 aromatic heterocycles. The first-order valence-electron chi connectivity index (χ1n) is 5.70. The normalized spacial score (nSPS) is 22.7. The number of hydrogen-bond donors (Lipinski definition) is 1. The summed E-state index contributed by atoms with van der Waals surface area (Å²) < 4.78 is 0. The first kappa shape index (κ1) is 12.5. The number of hydrogen-bond acceptors (Lipinski definition) is 3. The molecule has 4 nitrogen and oxygen atoms in total. The molecule has 0 aliphatic carbocycles. The average Bonchev–Trinajstić information content (AvgIpc) is 2.26. The summed E-state index contributed by atoms with van der Waals surface area (Å²) >= 11 is 0. The van der Waals surface area contributed by atoms with Gasteiger partial charge in [-0.05, 0) is 19.4 Å². The Morgan fingerprint density at radius 3 is 2.80 bits per heavy atom. The molecule has 1 atom stereocenters. The van der Waals surface area contributed by atoms with Crippen LogP contribution in [0.2, 0.25) is 0 Å². The van der Waals surface area contributed by atoms with Crippen LogP contribution in [0.15, 0.2) is 0 Å². The van der Waals surface area contributed by atoms with Gasteiger partial charge in [-0.3, -0.25) is 9.69 Å². The van der Waals surface area contributed by atoms with Crippen LogP contribution in [0.1, 0.15) is 25.7 Å². The van der Waals surface area contributed by atoms with Crippen LogP contribution in [0.5, 0.6) is 0 Å². The van der Waals surface area contributed by atoms with Crippen molar-refractivity contribution in [3.8, 4) is 0 Å². The van der Waals surface area contributed by atoms with Gasteiger partial charge in [0.25, 0.3) is 0 Å². The van der Waals surface area contributed by atoms with Gasteiger partial charge in [0, 0.05) is 33.1 Å². The average molecular weight is 214 g/mol. The van der Waals surface area contributed by atoms with Gasteiger partial charge in [0.1, 0.15) is 0 Å². The van der Waals surface area contributed by atoms with Crippen molar-refractivity contribution in [3.63, 3.8) is 0 Å². The molecule has 4 heteroatoms. The quantitative estimate of drug-likeness (QED) is 0.732. The number of rotatable bonds is 4. The van der Waals surface area contributed by atoms with Crippen LogP contribution in [-0.2, 0) is 4.79 Å². The Bertz CT molecular complexity index is 207. The number of piperidine rings is 1. The molecule has 1 aliphatic heterocycles. The first-order valence-corrected chi connectivity index (χ1v) is 5.70. The minimum atomic E-state index is 0.164. The third kappa shape index (κ3) is 3.80. The molecule has 0 unspecified atom stereocenters. The molecule has 1 rings (SSSR count). The van der Waals surface area contributed by atoms with Gasteiger partial charge in [0.15, 0.2) is 0 Å². The summed E-state index contributed by atoms with van der Waals surface area (Å²) in [5.74, 6) is 0.164. The second kappa shape index (κ2) is 6.08. The Kier molecular flexibility index (Phi) is 5.05. The minimum absolute atomic E-state index is 0.164. The van der Waals surface area contributed by atoms with Crippen LogP contribution in [0.3, 0.4) is 0 Å². The lowest BCUT2D eigenvalue weighted by molar-refractivity contribution is -0.129. The molecule has 15 heavy (non-hydrogen) atoms. The maximum atomic E-state index is 11.4. The van der Waals surface area contributed by atoms with Gasteiger partial charge in [-0.1, -0.05) is 6.42 Å². The Morgan fingerprint density at radius 1 is 1.47 bits per heavy atom. The number of aliphatic hydroxyl groups is 1. The summed E-state index contributed by atoms with van der Waals surface area (Å²) in [5, 5.41) is 9.20. The van der Waals surface area contributed by atoms with E-state index in [1.807, 2.05) is 0 Å². The maximum Gasteiger partial charge on any atom is 0.223 e. The van der Waals surface area contributed by atoms with E-state index < -0.39 is 0 Å². The predicted octanol–water partition coefficient (Wildman–Crippen LogP) is 0.311. The van der Waals surface area contributed by atoms with Crippen molar-refractivity contribution in [1.29, 1.82) is 0 Å². The molecular formula is C11H22N2O2. The number of carbonyl (C=O) groups excluding carboxylic acids is 1. The lowest BCUT2D eigenvalue weighted by Crippen LogP contribution is -2.43. The van der Waals surface area contributed by atoms with Crippen molar-refractivity contribution in [3.05, 3.63) is 0 Å². The third-order valence-electron chi connectivity index (χ3n) is 3.07. The molecule has 88 valence electrons. The van der Waals surface area contributed by atoms with E-state index in [1.165, 1.54) is 12.8 Å². The lowest BCUT2D eigenvalue weighted by Gasteiger charge is -2.34. The number of amides is 1. The van der Waals surface area contributed by atoms with E-state index in [2.05, 4.69) is 4.90 Å². The molecule has 1 heterocycles. The molecule has 1 N–H and O–H groups in total. The Labute approximate surface area is 91.9 Å². The number of likely N-dealkylation sites (tertiary alicyclic amines) is 1. The zero-order chi connectivity index (χ0) is 11.3. The summed E-state index contributed by atoms with van der Waals surface area (Å²) in [4.78, 5) is 15.3. The lowest BCUT2D eigenvalue weighted by atomic mass is 10.0. The highest BCUT2D eigenvalue weighted by Crippen LogP contribution is 2.16. The molecule has 0 spiro atoms. The van der Waals surface area contributed by atoms with E-state index >= 15 is 0 Å². The van der Waals surface area contributed by atoms with Gasteiger partial charge in [-0.15, -0.1) is 0 Å². The summed E-state index contributed by atoms with van der Waals surface area (Å²) in [7, 11) is 3.56. The van der Waals surface area contributed by atoms with Crippen LogP contribution < -0.4 is 0 Å². The second-order valence-corrected chi connectivity index (χ2v) is 4.41. The highest BCUT2D eigenvalue weighted by atomic mass is 16.3. The molecule has 0 bridgehead atoms. The van der Waals surface area contributed by atoms with E-state index in [-0.39, 0.29) is 18.6 Å². The van der Waals surface area contributed by atoms with Gasteiger partial charge in [-0.2, -0.15) is 0 Å². The van der Waals surface area contributed by atoms with Crippen LogP contribution in [-0.4, -0.2) is 60.6 Å². The summed E-state index contributed by atoms with van der Waals surface area (Å²) in [6, 6.07) is 0.272. The fourth-order valence-electron chi connectivity index (χ4n) is 2.02. The fraction of sp³-hybridized carbons (Fsp3) is 0.909. The predicted molar refractivity (Wildman–Crippen MR) is 59.6 cm³/mol. The summed E-state index contributed by atoms with van der Waals surface area (Å²) in [6.07, 6.45) is 4.01. The van der Waals surface area contributed by atoms with Crippen molar-refractivity contribution in [2.24, 2.45) is 0 Å². The monoisotopic (exact) mass is 214 g/mol. The van der Waals surface area contributed by atoms with Crippen LogP contribution in [0.25, 0.3) is 0 Å². The Morgan fingerprint density at radius 2 is 2.20 bits per heavy atom. The van der Waals surface area contributed by atoms with E-state index in [0.29, 0.717) is 6.42 Å². The van der Waals surface area contributed by atoms with Crippen LogP contribution >= 0.6 is 0 Å². The van der Waals surface area contributed by atoms with Crippen molar-refractivity contribution < 1.29 is 9.90 Å². The highest BCUT2D eigenvalue weighted by molar-refractivity contribution is 5.75. The van der Waals surface area contributed by atoms with Gasteiger partial charge >= 0.3 is 0 Å². The molecule has 0 aromatic carbocycles. The van der Waals surface area contributed by atoms with Crippen molar-refractivity contribution in [2.75, 3.05) is 33.8 Å². The smallest absolute Gasteiger partial charge is 0.223 e. The topological polar surface area (TPSA) is 43.8 Å². The standard InChI is InChI=1S/C11H22N2O2/c1-12(2)11(15)6-8-13-7-4-3-5-10(13)9-14/h10,14H,3-9H2,1-2H3/t10-/m1/s1. The van der Waals surface area contributed by atoms with Crippen molar-refractivity contribution in [1.82, 2.24) is 9.80 Å². The van der Waals surface area contributed by atoms with Crippen molar-refractivity contribution in [2.45, 2.75) is 31.7 Å². The zero-order valence-corrected chi connectivity index (χ0v) is 9.78. The minimum Gasteiger partial charge on any atom is -0.395 e. The Hall–Kier alpha value is -0.610. The third-order valence-corrected chi connectivity index (χ3v) is 3.07. The van der Waals surface area contributed by atoms with Gasteiger partial charge in [0.2, 0.25) is 5.91 Å². The molecule has 0 saturated carbocycles. The molecular weight excluding hydrogens is 192 g/mol. The number of aliphatic hydroxyl groups excluding tert-OH is 1. The SMILES string of the molecule is CN(C)C(=O)CCN1CCCC[C@@H]1CO. The van der Waals surface area contributed by atoms with Gasteiger partial charge < -0.3 is 10.0 Å². The molecule has 0 aromatic rings. The summed E-state index contributed by atoms with van der Waals surface area (Å²) in [6.45, 7) is 2.02. The van der Waals surface area contributed by atoms with E-state index in [1.54, 1.807) is 19.0 Å².